The summed E-state index contributed by atoms with van der Waals surface area (Å²) in [7, 11) is 3.86. The Morgan fingerprint density at radius 2 is 2.04 bits per heavy atom. The maximum Gasteiger partial charge on any atom is 0.183 e. The zero-order valence-corrected chi connectivity index (χ0v) is 14.8. The van der Waals surface area contributed by atoms with Gasteiger partial charge >= 0.3 is 0 Å². The van der Waals surface area contributed by atoms with Crippen molar-refractivity contribution >= 4 is 34.5 Å². The van der Waals surface area contributed by atoms with Crippen molar-refractivity contribution in [2.24, 2.45) is 15.7 Å². The first-order valence-corrected chi connectivity index (χ1v) is 8.53. The lowest BCUT2D eigenvalue weighted by atomic mass is 10.2. The Labute approximate surface area is 151 Å². The fraction of sp³-hybridized carbons (Fsp3) is 0.353. The molecule has 4 heterocycles. The highest BCUT2D eigenvalue weighted by Gasteiger charge is 2.24. The molecule has 0 radical (unpaired) electrons. The standard InChI is InChI=1S/C17H21N9/c1-24(2)14-5-8-26-17(22-14)13(10-20-26)21-15-11(18)9-12(19)16(23-15)25-6-3-4-7-25/h5,8-10,19H,3-4,6-7,18H2,1-2H3/b19-12?,21-15-. The molecule has 26 heavy (non-hydrogen) atoms. The Morgan fingerprint density at radius 1 is 1.27 bits per heavy atom. The molecular weight excluding hydrogens is 330 g/mol. The molecule has 0 bridgehead atoms. The molecule has 1 fully saturated rings. The first kappa shape index (κ1) is 16.2. The SMILES string of the molecule is CN(C)c1ccn2ncc(/N=C3\N=C(N4CCCC4)C(=N)C=C3N)c2n1. The normalized spacial score (nSPS) is 19.2. The molecule has 0 atom stereocenters. The Bertz CT molecular complexity index is 958. The monoisotopic (exact) mass is 351 g/mol. The Balaban J connectivity index is 1.76. The van der Waals surface area contributed by atoms with Gasteiger partial charge in [-0.25, -0.2) is 19.5 Å². The summed E-state index contributed by atoms with van der Waals surface area (Å²) in [6.07, 6.45) is 7.33. The Kier molecular flexibility index (Phi) is 3.90. The van der Waals surface area contributed by atoms with Gasteiger partial charge in [0.15, 0.2) is 17.3 Å². The minimum absolute atomic E-state index is 0.330. The minimum atomic E-state index is 0.330. The molecule has 2 aliphatic rings. The average Bonchev–Trinajstić information content (AvgIpc) is 3.27. The summed E-state index contributed by atoms with van der Waals surface area (Å²) in [6, 6.07) is 1.89. The fourth-order valence-electron chi connectivity index (χ4n) is 3.06. The van der Waals surface area contributed by atoms with Gasteiger partial charge in [-0.05, 0) is 25.0 Å². The molecule has 1 saturated heterocycles. The van der Waals surface area contributed by atoms with Crippen LogP contribution < -0.4 is 10.6 Å². The minimum Gasteiger partial charge on any atom is -0.396 e. The van der Waals surface area contributed by atoms with Crippen molar-refractivity contribution in [1.82, 2.24) is 19.5 Å². The lowest BCUT2D eigenvalue weighted by Crippen LogP contribution is -2.37. The molecule has 9 heteroatoms. The van der Waals surface area contributed by atoms with Crippen LogP contribution in [-0.4, -0.2) is 64.1 Å². The van der Waals surface area contributed by atoms with Crippen LogP contribution in [-0.2, 0) is 0 Å². The van der Waals surface area contributed by atoms with Gasteiger partial charge in [0.1, 0.15) is 11.5 Å². The van der Waals surface area contributed by atoms with Crippen LogP contribution in [0.4, 0.5) is 11.5 Å². The number of fused-ring (bicyclic) bond motifs is 1. The number of amidine groups is 2. The molecule has 0 spiro atoms. The van der Waals surface area contributed by atoms with Crippen molar-refractivity contribution in [1.29, 1.82) is 5.41 Å². The number of anilines is 1. The molecule has 2 aromatic heterocycles. The maximum atomic E-state index is 8.17. The predicted molar refractivity (Wildman–Crippen MR) is 103 cm³/mol. The van der Waals surface area contributed by atoms with Crippen LogP contribution >= 0.6 is 0 Å². The van der Waals surface area contributed by atoms with E-state index in [1.54, 1.807) is 16.8 Å². The van der Waals surface area contributed by atoms with Crippen molar-refractivity contribution in [3.63, 3.8) is 0 Å². The van der Waals surface area contributed by atoms with Gasteiger partial charge in [-0.1, -0.05) is 0 Å². The van der Waals surface area contributed by atoms with Gasteiger partial charge in [-0.3, -0.25) is 5.41 Å². The third-order valence-electron chi connectivity index (χ3n) is 4.44. The number of aromatic nitrogens is 3. The van der Waals surface area contributed by atoms with Gasteiger partial charge in [0, 0.05) is 33.4 Å². The fourth-order valence-corrected chi connectivity index (χ4v) is 3.06. The molecule has 134 valence electrons. The first-order chi connectivity index (χ1) is 12.5. The molecule has 4 rings (SSSR count). The Morgan fingerprint density at radius 3 is 2.77 bits per heavy atom. The number of rotatable bonds is 2. The quantitative estimate of drug-likeness (QED) is 0.844. The summed E-state index contributed by atoms with van der Waals surface area (Å²) in [6.45, 7) is 1.82. The summed E-state index contributed by atoms with van der Waals surface area (Å²) in [5, 5.41) is 12.5. The molecule has 0 aliphatic carbocycles. The number of nitrogens with zero attached hydrogens (tertiary/aromatic N) is 7. The van der Waals surface area contributed by atoms with E-state index in [9.17, 15) is 0 Å². The number of aliphatic imine (C=N–C) groups is 2. The zero-order valence-electron chi connectivity index (χ0n) is 14.8. The van der Waals surface area contributed by atoms with Crippen molar-refractivity contribution in [2.45, 2.75) is 12.8 Å². The average molecular weight is 351 g/mol. The van der Waals surface area contributed by atoms with Crippen LogP contribution in [0, 0.1) is 5.41 Å². The van der Waals surface area contributed by atoms with E-state index in [0.717, 1.165) is 31.7 Å². The summed E-state index contributed by atoms with van der Waals surface area (Å²) >= 11 is 0. The lowest BCUT2D eigenvalue weighted by Gasteiger charge is -2.22. The molecule has 2 aliphatic heterocycles. The van der Waals surface area contributed by atoms with Crippen molar-refractivity contribution in [3.05, 3.63) is 30.2 Å². The highest BCUT2D eigenvalue weighted by molar-refractivity contribution is 6.48. The second-order valence-corrected chi connectivity index (χ2v) is 6.56. The number of dihydropyridines is 1. The molecule has 0 unspecified atom stereocenters. The van der Waals surface area contributed by atoms with Crippen LogP contribution in [0.3, 0.4) is 0 Å². The number of nitrogens with two attached hydrogens (primary N) is 1. The van der Waals surface area contributed by atoms with Crippen LogP contribution in [0.2, 0.25) is 0 Å². The van der Waals surface area contributed by atoms with Crippen molar-refractivity contribution in [3.8, 4) is 0 Å². The highest BCUT2D eigenvalue weighted by Crippen LogP contribution is 2.22. The summed E-state index contributed by atoms with van der Waals surface area (Å²) in [4.78, 5) is 17.8. The van der Waals surface area contributed by atoms with Crippen LogP contribution in [0.25, 0.3) is 5.65 Å². The van der Waals surface area contributed by atoms with E-state index in [2.05, 4.69) is 25.0 Å². The third kappa shape index (κ3) is 2.81. The smallest absolute Gasteiger partial charge is 0.183 e. The molecule has 0 amide bonds. The zero-order chi connectivity index (χ0) is 18.3. The van der Waals surface area contributed by atoms with Gasteiger partial charge in [0.05, 0.1) is 17.6 Å². The second-order valence-electron chi connectivity index (χ2n) is 6.56. The highest BCUT2D eigenvalue weighted by atomic mass is 15.3. The van der Waals surface area contributed by atoms with E-state index < -0.39 is 0 Å². The molecule has 9 nitrogen and oxygen atoms in total. The number of hydrogen-bond acceptors (Lipinski definition) is 7. The lowest BCUT2D eigenvalue weighted by molar-refractivity contribution is 0.526. The summed E-state index contributed by atoms with van der Waals surface area (Å²) in [5.41, 5.74) is 8.01. The van der Waals surface area contributed by atoms with Gasteiger partial charge in [-0.15, -0.1) is 0 Å². The van der Waals surface area contributed by atoms with E-state index in [1.165, 1.54) is 0 Å². The van der Waals surface area contributed by atoms with E-state index in [4.69, 9.17) is 11.1 Å². The molecule has 0 saturated carbocycles. The number of likely N-dealkylation sites (tertiary alicyclic amines) is 1. The molecular formula is C17H21N9. The molecule has 3 N–H and O–H groups in total. The largest absolute Gasteiger partial charge is 0.396 e. The van der Waals surface area contributed by atoms with Gasteiger partial charge in [0.25, 0.3) is 0 Å². The van der Waals surface area contributed by atoms with Crippen molar-refractivity contribution < 1.29 is 0 Å². The third-order valence-corrected chi connectivity index (χ3v) is 4.44. The van der Waals surface area contributed by atoms with Gasteiger partial charge < -0.3 is 15.5 Å². The van der Waals surface area contributed by atoms with Crippen LogP contribution in [0.15, 0.2) is 40.2 Å². The van der Waals surface area contributed by atoms with E-state index >= 15 is 0 Å². The molecule has 0 aromatic carbocycles. The van der Waals surface area contributed by atoms with E-state index in [0.29, 0.717) is 34.4 Å². The number of nitrogens with one attached hydrogen (secondary N) is 1. The topological polar surface area (TPSA) is 111 Å². The van der Waals surface area contributed by atoms with Crippen LogP contribution in [0.1, 0.15) is 12.8 Å². The summed E-state index contributed by atoms with van der Waals surface area (Å²) < 4.78 is 1.67. The second kappa shape index (κ2) is 6.25. The molecule has 2 aromatic rings. The predicted octanol–water partition coefficient (Wildman–Crippen LogP) is 1.20. The maximum absolute atomic E-state index is 8.17. The van der Waals surface area contributed by atoms with Crippen molar-refractivity contribution in [2.75, 3.05) is 32.1 Å². The summed E-state index contributed by atoms with van der Waals surface area (Å²) in [5.74, 6) is 1.85. The van der Waals surface area contributed by atoms with Crippen LogP contribution in [0.5, 0.6) is 0 Å². The van der Waals surface area contributed by atoms with Gasteiger partial charge in [0.2, 0.25) is 0 Å². The first-order valence-electron chi connectivity index (χ1n) is 8.53. The Hall–Kier alpha value is -3.23. The number of hydrogen-bond donors (Lipinski definition) is 2. The van der Waals surface area contributed by atoms with Gasteiger partial charge in [-0.2, -0.15) is 5.10 Å². The van der Waals surface area contributed by atoms with E-state index in [1.807, 2.05) is 31.3 Å². The van der Waals surface area contributed by atoms with E-state index in [-0.39, 0.29) is 0 Å².